The van der Waals surface area contributed by atoms with E-state index in [1.165, 1.54) is 6.33 Å². The molecule has 10 nitrogen and oxygen atoms in total. The fourth-order valence-corrected chi connectivity index (χ4v) is 5.70. The number of carbonyl (C=O) groups excluding carboxylic acids is 1. The predicted molar refractivity (Wildman–Crippen MR) is 146 cm³/mol. The van der Waals surface area contributed by atoms with Crippen molar-refractivity contribution in [3.05, 3.63) is 60.8 Å². The standard InChI is InChI=1S/C28H32N8O2/c1-18-6-7-23(34(18)19(2)37)16-30-21-5-3-4-20(14-21)26-15-24(27-28(29)31-17-33-36(26)27)25-8-11-32-35(25)22-9-12-38-13-10-22/h3-5,8,11,14-18,22,30H,6-7,9-10,12-13H2,1-2H3,(H2,29,31,33)/b23-16+. The highest BCUT2D eigenvalue weighted by Crippen LogP contribution is 2.37. The fraction of sp³-hybridized carbons (Fsp3) is 0.357. The Morgan fingerprint density at radius 1 is 1.13 bits per heavy atom. The number of amides is 1. The van der Waals surface area contributed by atoms with E-state index in [1.807, 2.05) is 40.0 Å². The summed E-state index contributed by atoms with van der Waals surface area (Å²) in [4.78, 5) is 18.3. The second kappa shape index (κ2) is 9.94. The van der Waals surface area contributed by atoms with E-state index in [4.69, 9.17) is 10.5 Å². The first-order valence-electron chi connectivity index (χ1n) is 13.1. The lowest BCUT2D eigenvalue weighted by Crippen LogP contribution is -2.30. The highest BCUT2D eigenvalue weighted by molar-refractivity contribution is 5.91. The highest BCUT2D eigenvalue weighted by atomic mass is 16.5. The molecule has 4 aromatic rings. The van der Waals surface area contributed by atoms with Gasteiger partial charge < -0.3 is 20.7 Å². The Labute approximate surface area is 221 Å². The van der Waals surface area contributed by atoms with E-state index < -0.39 is 0 Å². The van der Waals surface area contributed by atoms with E-state index in [1.54, 1.807) is 6.92 Å². The third-order valence-electron chi connectivity index (χ3n) is 7.54. The monoisotopic (exact) mass is 512 g/mol. The molecule has 0 aliphatic carbocycles. The van der Waals surface area contributed by atoms with Crippen LogP contribution in [0.4, 0.5) is 11.5 Å². The van der Waals surface area contributed by atoms with Gasteiger partial charge in [-0.1, -0.05) is 12.1 Å². The molecule has 2 aliphatic rings. The van der Waals surface area contributed by atoms with Crippen molar-refractivity contribution in [2.45, 2.75) is 51.6 Å². The van der Waals surface area contributed by atoms with Gasteiger partial charge in [-0.25, -0.2) is 9.50 Å². The smallest absolute Gasteiger partial charge is 0.223 e. The van der Waals surface area contributed by atoms with Crippen molar-refractivity contribution >= 4 is 22.9 Å². The maximum atomic E-state index is 12.1. The molecule has 2 aliphatic heterocycles. The second-order valence-corrected chi connectivity index (χ2v) is 9.99. The molecule has 1 unspecified atom stereocenters. The zero-order chi connectivity index (χ0) is 26.2. The Morgan fingerprint density at radius 2 is 1.97 bits per heavy atom. The van der Waals surface area contributed by atoms with Crippen molar-refractivity contribution < 1.29 is 9.53 Å². The molecule has 0 bridgehead atoms. The Hall–Kier alpha value is -4.18. The lowest BCUT2D eigenvalue weighted by atomic mass is 10.1. The summed E-state index contributed by atoms with van der Waals surface area (Å²) in [5, 5.41) is 12.6. The molecule has 1 aromatic carbocycles. The summed E-state index contributed by atoms with van der Waals surface area (Å²) in [7, 11) is 0. The fourth-order valence-electron chi connectivity index (χ4n) is 5.70. The number of anilines is 2. The molecule has 196 valence electrons. The molecular formula is C28H32N8O2. The van der Waals surface area contributed by atoms with E-state index in [0.717, 1.165) is 78.3 Å². The molecule has 0 saturated carbocycles. The quantitative estimate of drug-likeness (QED) is 0.405. The van der Waals surface area contributed by atoms with Crippen molar-refractivity contribution in [2.75, 3.05) is 24.3 Å². The van der Waals surface area contributed by atoms with Crippen molar-refractivity contribution in [2.24, 2.45) is 0 Å². The first-order valence-corrected chi connectivity index (χ1v) is 13.1. The first kappa shape index (κ1) is 24.2. The summed E-state index contributed by atoms with van der Waals surface area (Å²) < 4.78 is 9.51. The lowest BCUT2D eigenvalue weighted by molar-refractivity contribution is -0.127. The van der Waals surface area contributed by atoms with Crippen LogP contribution in [0.5, 0.6) is 0 Å². The van der Waals surface area contributed by atoms with Crippen LogP contribution >= 0.6 is 0 Å². The molecule has 3 aromatic heterocycles. The van der Waals surface area contributed by atoms with Gasteiger partial charge >= 0.3 is 0 Å². The van der Waals surface area contributed by atoms with Gasteiger partial charge in [0.1, 0.15) is 11.8 Å². The van der Waals surface area contributed by atoms with Crippen LogP contribution in [-0.2, 0) is 9.53 Å². The van der Waals surface area contributed by atoms with Gasteiger partial charge in [-0.15, -0.1) is 0 Å². The molecule has 38 heavy (non-hydrogen) atoms. The number of nitrogens with one attached hydrogen (secondary N) is 1. The minimum absolute atomic E-state index is 0.0706. The van der Waals surface area contributed by atoms with Crippen molar-refractivity contribution in [1.29, 1.82) is 0 Å². The average Bonchev–Trinajstić information content (AvgIpc) is 3.65. The summed E-state index contributed by atoms with van der Waals surface area (Å²) in [6.07, 6.45) is 8.94. The summed E-state index contributed by atoms with van der Waals surface area (Å²) >= 11 is 0. The molecule has 6 rings (SSSR count). The van der Waals surface area contributed by atoms with Crippen LogP contribution in [0.2, 0.25) is 0 Å². The summed E-state index contributed by atoms with van der Waals surface area (Å²) in [6.45, 7) is 5.17. The number of nitrogens with zero attached hydrogens (tertiary/aromatic N) is 6. The molecule has 1 amide bonds. The van der Waals surface area contributed by atoms with E-state index in [-0.39, 0.29) is 18.0 Å². The van der Waals surface area contributed by atoms with Gasteiger partial charge in [0.15, 0.2) is 5.82 Å². The number of hydrogen-bond donors (Lipinski definition) is 2. The number of nitrogen functional groups attached to an aromatic ring is 1. The Bertz CT molecular complexity index is 1510. The van der Waals surface area contributed by atoms with Gasteiger partial charge in [-0.2, -0.15) is 10.2 Å². The van der Waals surface area contributed by atoms with Crippen LogP contribution in [0.25, 0.3) is 28.0 Å². The number of likely N-dealkylation sites (tertiary alicyclic amines) is 1. The number of fused-ring (bicyclic) bond motifs is 1. The number of benzene rings is 1. The van der Waals surface area contributed by atoms with Crippen LogP contribution in [0.3, 0.4) is 0 Å². The predicted octanol–water partition coefficient (Wildman–Crippen LogP) is 4.48. The largest absolute Gasteiger partial charge is 0.382 e. The Kier molecular flexibility index (Phi) is 6.32. The number of aromatic nitrogens is 5. The van der Waals surface area contributed by atoms with Crippen LogP contribution in [0.1, 0.15) is 45.6 Å². The first-order chi connectivity index (χ1) is 18.5. The average molecular weight is 513 g/mol. The Morgan fingerprint density at radius 3 is 2.79 bits per heavy atom. The summed E-state index contributed by atoms with van der Waals surface area (Å²) in [5.74, 6) is 0.487. The molecule has 0 spiro atoms. The number of nitrogens with two attached hydrogens (primary N) is 1. The van der Waals surface area contributed by atoms with Gasteiger partial charge in [0.05, 0.1) is 17.4 Å². The van der Waals surface area contributed by atoms with E-state index in [0.29, 0.717) is 5.82 Å². The summed E-state index contributed by atoms with van der Waals surface area (Å²) in [5.41, 5.74) is 12.9. The zero-order valence-electron chi connectivity index (χ0n) is 21.7. The molecular weight excluding hydrogens is 480 g/mol. The van der Waals surface area contributed by atoms with Crippen LogP contribution in [0, 0.1) is 0 Å². The SMILES string of the molecule is CC(=O)N1/C(=C/Nc2cccc(-c3cc(-c4ccnn4C4CCOCC4)c4c(N)ncnn34)c2)CCC1C. The van der Waals surface area contributed by atoms with Crippen LogP contribution in [-0.4, -0.2) is 54.4 Å². The third kappa shape index (κ3) is 4.30. The molecule has 10 heteroatoms. The number of carbonyl (C=O) groups is 1. The molecule has 0 radical (unpaired) electrons. The van der Waals surface area contributed by atoms with Gasteiger partial charge in [0.25, 0.3) is 0 Å². The number of rotatable bonds is 5. The maximum Gasteiger partial charge on any atom is 0.223 e. The molecule has 2 saturated heterocycles. The van der Waals surface area contributed by atoms with Crippen LogP contribution < -0.4 is 11.1 Å². The minimum atomic E-state index is 0.0706. The topological polar surface area (TPSA) is 116 Å². The second-order valence-electron chi connectivity index (χ2n) is 9.99. The van der Waals surface area contributed by atoms with Crippen molar-refractivity contribution in [3.63, 3.8) is 0 Å². The van der Waals surface area contributed by atoms with Crippen LogP contribution in [0.15, 0.2) is 60.8 Å². The van der Waals surface area contributed by atoms with Gasteiger partial charge in [0.2, 0.25) is 5.91 Å². The van der Waals surface area contributed by atoms with Gasteiger partial charge in [0, 0.05) is 61.1 Å². The minimum Gasteiger partial charge on any atom is -0.382 e. The molecule has 3 N–H and O–H groups in total. The van der Waals surface area contributed by atoms with E-state index in [2.05, 4.69) is 50.3 Å². The number of ether oxygens (including phenoxy) is 1. The molecule has 5 heterocycles. The van der Waals surface area contributed by atoms with E-state index >= 15 is 0 Å². The lowest BCUT2D eigenvalue weighted by Gasteiger charge is -2.24. The number of allylic oxidation sites excluding steroid dienone is 1. The van der Waals surface area contributed by atoms with Crippen molar-refractivity contribution in [1.82, 2.24) is 29.3 Å². The van der Waals surface area contributed by atoms with E-state index in [9.17, 15) is 4.79 Å². The summed E-state index contributed by atoms with van der Waals surface area (Å²) in [6, 6.07) is 12.8. The molecule has 1 atom stereocenters. The van der Waals surface area contributed by atoms with Gasteiger partial charge in [-0.05, 0) is 56.9 Å². The van der Waals surface area contributed by atoms with Gasteiger partial charge in [-0.3, -0.25) is 9.48 Å². The maximum absolute atomic E-state index is 12.1. The highest BCUT2D eigenvalue weighted by Gasteiger charge is 2.27. The number of hydrogen-bond acceptors (Lipinski definition) is 7. The van der Waals surface area contributed by atoms with Crippen molar-refractivity contribution in [3.8, 4) is 22.5 Å². The molecule has 2 fully saturated rings. The Balaban J connectivity index is 1.38. The zero-order valence-corrected chi connectivity index (χ0v) is 21.7. The third-order valence-corrected chi connectivity index (χ3v) is 7.54. The normalized spacial score (nSPS) is 19.5.